The van der Waals surface area contributed by atoms with E-state index < -0.39 is 0 Å². The molecule has 0 aromatic carbocycles. The molecule has 1 rings (SSSR count). The summed E-state index contributed by atoms with van der Waals surface area (Å²) >= 11 is 0. The quantitative estimate of drug-likeness (QED) is 0.396. The van der Waals surface area contributed by atoms with E-state index >= 15 is 0 Å². The molecule has 0 aromatic rings. The largest absolute Gasteiger partial charge is 0.296 e. The van der Waals surface area contributed by atoms with Crippen molar-refractivity contribution in [3.8, 4) is 0 Å². The number of likely N-dealkylation sites (tertiary alicyclic amines) is 1. The third kappa shape index (κ3) is 3.55. The van der Waals surface area contributed by atoms with Crippen LogP contribution in [0.4, 0.5) is 0 Å². The van der Waals surface area contributed by atoms with E-state index in [4.69, 9.17) is 0 Å². The Balaban J connectivity index is 2.31. The lowest BCUT2D eigenvalue weighted by Gasteiger charge is -2.26. The van der Waals surface area contributed by atoms with Crippen LogP contribution < -0.4 is 5.43 Å². The lowest BCUT2D eigenvalue weighted by Crippen LogP contribution is -2.38. The third-order valence-electron chi connectivity index (χ3n) is 2.30. The Morgan fingerprint density at radius 2 is 2.08 bits per heavy atom. The molecule has 1 heterocycles. The van der Waals surface area contributed by atoms with Gasteiger partial charge < -0.3 is 0 Å². The SMILES string of the molecule is C=NNC(CN1CCCCC1)=NC. The molecule has 0 amide bonds. The second-order valence-electron chi connectivity index (χ2n) is 3.28. The van der Waals surface area contributed by atoms with Crippen molar-refractivity contribution in [1.29, 1.82) is 0 Å². The second-order valence-corrected chi connectivity index (χ2v) is 3.28. The first-order valence-corrected chi connectivity index (χ1v) is 4.76. The molecule has 1 aliphatic heterocycles. The highest BCUT2D eigenvalue weighted by Gasteiger charge is 2.11. The molecule has 0 bridgehead atoms. The zero-order chi connectivity index (χ0) is 9.52. The van der Waals surface area contributed by atoms with Crippen LogP contribution in [0.5, 0.6) is 0 Å². The topological polar surface area (TPSA) is 40.0 Å². The first kappa shape index (κ1) is 10.2. The summed E-state index contributed by atoms with van der Waals surface area (Å²) in [6, 6.07) is 0. The van der Waals surface area contributed by atoms with Crippen molar-refractivity contribution in [2.45, 2.75) is 19.3 Å². The number of amidine groups is 1. The van der Waals surface area contributed by atoms with Crippen molar-refractivity contribution in [1.82, 2.24) is 10.3 Å². The Labute approximate surface area is 79.7 Å². The summed E-state index contributed by atoms with van der Waals surface area (Å²) in [5.41, 5.74) is 2.80. The molecule has 0 aromatic heterocycles. The molecular formula is C9H18N4. The lowest BCUT2D eigenvalue weighted by atomic mass is 10.1. The van der Waals surface area contributed by atoms with Crippen molar-refractivity contribution >= 4 is 12.6 Å². The molecule has 4 nitrogen and oxygen atoms in total. The Kier molecular flexibility index (Phi) is 4.46. The summed E-state index contributed by atoms with van der Waals surface area (Å²) in [5, 5.41) is 3.61. The summed E-state index contributed by atoms with van der Waals surface area (Å²) in [5.74, 6) is 0.900. The van der Waals surface area contributed by atoms with E-state index in [1.54, 1.807) is 7.05 Å². The Hall–Kier alpha value is -0.900. The summed E-state index contributed by atoms with van der Waals surface area (Å²) in [6.45, 7) is 6.61. The standard InChI is InChI=1S/C9H18N4/c1-10-9(12-11-2)8-13-6-4-3-5-7-13/h2-8H2,1H3,(H,10,12). The van der Waals surface area contributed by atoms with E-state index in [-0.39, 0.29) is 0 Å². The van der Waals surface area contributed by atoms with Gasteiger partial charge in [0.2, 0.25) is 0 Å². The molecule has 1 saturated heterocycles. The normalized spacial score (nSPS) is 19.9. The lowest BCUT2D eigenvalue weighted by molar-refractivity contribution is 0.256. The number of hydrazone groups is 1. The Morgan fingerprint density at radius 1 is 1.38 bits per heavy atom. The Morgan fingerprint density at radius 3 is 2.62 bits per heavy atom. The minimum absolute atomic E-state index is 0.871. The van der Waals surface area contributed by atoms with Gasteiger partial charge >= 0.3 is 0 Å². The predicted octanol–water partition coefficient (Wildman–Crippen LogP) is 0.706. The molecule has 1 aliphatic rings. The first-order chi connectivity index (χ1) is 6.36. The zero-order valence-electron chi connectivity index (χ0n) is 8.29. The van der Waals surface area contributed by atoms with Crippen LogP contribution >= 0.6 is 0 Å². The van der Waals surface area contributed by atoms with E-state index in [0.29, 0.717) is 0 Å². The molecule has 0 radical (unpaired) electrons. The number of hydrogen-bond acceptors (Lipinski definition) is 3. The molecule has 74 valence electrons. The highest BCUT2D eigenvalue weighted by Crippen LogP contribution is 2.07. The van der Waals surface area contributed by atoms with Gasteiger partial charge in [-0.05, 0) is 25.9 Å². The van der Waals surface area contributed by atoms with Crippen LogP contribution in [0.1, 0.15) is 19.3 Å². The van der Waals surface area contributed by atoms with Gasteiger partial charge in [-0.1, -0.05) is 6.42 Å². The van der Waals surface area contributed by atoms with Gasteiger partial charge in [-0.3, -0.25) is 15.3 Å². The molecule has 0 unspecified atom stereocenters. The number of nitrogens with one attached hydrogen (secondary N) is 1. The summed E-state index contributed by atoms with van der Waals surface area (Å²) in [6.07, 6.45) is 3.97. The third-order valence-corrected chi connectivity index (χ3v) is 2.30. The van der Waals surface area contributed by atoms with Crippen molar-refractivity contribution in [3.05, 3.63) is 0 Å². The molecule has 1 N–H and O–H groups in total. The summed E-state index contributed by atoms with van der Waals surface area (Å²) in [7, 11) is 1.78. The fourth-order valence-electron chi connectivity index (χ4n) is 1.58. The molecule has 13 heavy (non-hydrogen) atoms. The smallest absolute Gasteiger partial charge is 0.131 e. The van der Waals surface area contributed by atoms with Crippen LogP contribution in [-0.2, 0) is 0 Å². The molecule has 0 aliphatic carbocycles. The number of aliphatic imine (C=N–C) groups is 1. The molecule has 1 fully saturated rings. The number of piperidine rings is 1. The molecule has 0 saturated carbocycles. The van der Waals surface area contributed by atoms with Crippen LogP contribution in [0.15, 0.2) is 10.1 Å². The fraction of sp³-hybridized carbons (Fsp3) is 0.778. The molecule has 0 spiro atoms. The number of hydrogen-bond donors (Lipinski definition) is 1. The van der Waals surface area contributed by atoms with Crippen LogP contribution in [0.25, 0.3) is 0 Å². The fourth-order valence-corrected chi connectivity index (χ4v) is 1.58. The van der Waals surface area contributed by atoms with E-state index in [2.05, 4.69) is 27.1 Å². The maximum absolute atomic E-state index is 4.10. The van der Waals surface area contributed by atoms with Crippen molar-refractivity contribution in [2.75, 3.05) is 26.7 Å². The van der Waals surface area contributed by atoms with Gasteiger partial charge in [0.05, 0.1) is 6.54 Å². The highest BCUT2D eigenvalue weighted by atomic mass is 15.3. The van der Waals surface area contributed by atoms with Crippen LogP contribution in [0.3, 0.4) is 0 Å². The maximum atomic E-state index is 4.10. The van der Waals surface area contributed by atoms with Gasteiger partial charge in [0.1, 0.15) is 5.84 Å². The van der Waals surface area contributed by atoms with Crippen molar-refractivity contribution in [3.63, 3.8) is 0 Å². The van der Waals surface area contributed by atoms with Crippen molar-refractivity contribution < 1.29 is 0 Å². The second kappa shape index (κ2) is 5.70. The van der Waals surface area contributed by atoms with Gasteiger partial charge in [0.25, 0.3) is 0 Å². The minimum atomic E-state index is 0.871. The molecule has 4 heteroatoms. The van der Waals surface area contributed by atoms with Gasteiger partial charge in [-0.15, -0.1) is 0 Å². The average molecular weight is 182 g/mol. The summed E-state index contributed by atoms with van der Waals surface area (Å²) < 4.78 is 0. The average Bonchev–Trinajstić information content (AvgIpc) is 2.19. The monoisotopic (exact) mass is 182 g/mol. The van der Waals surface area contributed by atoms with Crippen LogP contribution in [-0.4, -0.2) is 44.1 Å². The van der Waals surface area contributed by atoms with Crippen LogP contribution in [0.2, 0.25) is 0 Å². The van der Waals surface area contributed by atoms with E-state index in [0.717, 1.165) is 12.4 Å². The van der Waals surface area contributed by atoms with Gasteiger partial charge in [-0.2, -0.15) is 5.10 Å². The van der Waals surface area contributed by atoms with E-state index in [1.165, 1.54) is 32.4 Å². The summed E-state index contributed by atoms with van der Waals surface area (Å²) in [4.78, 5) is 6.49. The zero-order valence-corrected chi connectivity index (χ0v) is 8.29. The van der Waals surface area contributed by atoms with Crippen molar-refractivity contribution in [2.24, 2.45) is 10.1 Å². The van der Waals surface area contributed by atoms with Gasteiger partial charge in [0, 0.05) is 13.8 Å². The minimum Gasteiger partial charge on any atom is -0.296 e. The van der Waals surface area contributed by atoms with Gasteiger partial charge in [-0.25, -0.2) is 0 Å². The van der Waals surface area contributed by atoms with E-state index in [1.807, 2.05) is 0 Å². The predicted molar refractivity (Wildman–Crippen MR) is 56.3 cm³/mol. The highest BCUT2D eigenvalue weighted by molar-refractivity contribution is 5.83. The molecule has 0 atom stereocenters. The van der Waals surface area contributed by atoms with Crippen LogP contribution in [0, 0.1) is 0 Å². The maximum Gasteiger partial charge on any atom is 0.131 e. The first-order valence-electron chi connectivity index (χ1n) is 4.76. The Bertz CT molecular complexity index is 182. The number of rotatable bonds is 3. The number of nitrogens with zero attached hydrogens (tertiary/aromatic N) is 3. The molecular weight excluding hydrogens is 164 g/mol. The van der Waals surface area contributed by atoms with E-state index in [9.17, 15) is 0 Å². The van der Waals surface area contributed by atoms with Gasteiger partial charge in [0.15, 0.2) is 0 Å².